The van der Waals surface area contributed by atoms with E-state index in [-0.39, 0.29) is 0 Å². The molecule has 2 nitrogen and oxygen atoms in total. The second-order valence-electron chi connectivity index (χ2n) is 8.24. The number of sulfone groups is 1. The number of hydrogen-bond donors (Lipinski definition) is 0. The van der Waals surface area contributed by atoms with Gasteiger partial charge in [0.25, 0.3) is 0 Å². The third-order valence-electron chi connectivity index (χ3n) is 6.63. The molecule has 2 aromatic carbocycles. The van der Waals surface area contributed by atoms with Gasteiger partial charge in [0.15, 0.2) is 9.84 Å². The van der Waals surface area contributed by atoms with Gasteiger partial charge in [-0.15, -0.1) is 0 Å². The highest BCUT2D eigenvalue weighted by molar-refractivity contribution is 7.90. The zero-order chi connectivity index (χ0) is 18.1. The maximum atomic E-state index is 11.8. The molecule has 3 heteroatoms. The molecule has 0 heterocycles. The quantitative estimate of drug-likeness (QED) is 0.711. The first-order valence-electron chi connectivity index (χ1n) is 9.87. The standard InChI is InChI=1S/C23H28O2S/c1-26(24,25)21-13-11-18(12-14-21)23-16-20-10-6-5-9-19(20)15-22(23)17-7-3-2-4-8-17/h2-4,7-8,11-14,19-20,22-23H,5-6,9-10,15-16H2,1H3. The van der Waals surface area contributed by atoms with E-state index < -0.39 is 9.84 Å². The van der Waals surface area contributed by atoms with Gasteiger partial charge in [-0.2, -0.15) is 0 Å². The third kappa shape index (κ3) is 3.59. The lowest BCUT2D eigenvalue weighted by Gasteiger charge is -2.44. The first-order valence-corrected chi connectivity index (χ1v) is 11.8. The van der Waals surface area contributed by atoms with Crippen molar-refractivity contribution in [2.75, 3.05) is 6.26 Å². The first-order chi connectivity index (χ1) is 12.5. The van der Waals surface area contributed by atoms with Gasteiger partial charge in [0.05, 0.1) is 4.90 Å². The van der Waals surface area contributed by atoms with E-state index in [1.54, 1.807) is 12.1 Å². The van der Waals surface area contributed by atoms with Gasteiger partial charge in [0.1, 0.15) is 0 Å². The van der Waals surface area contributed by atoms with E-state index in [1.165, 1.54) is 55.9 Å². The Balaban J connectivity index is 1.68. The Kier molecular flexibility index (Phi) is 4.92. The summed E-state index contributed by atoms with van der Waals surface area (Å²) in [6, 6.07) is 18.6. The number of hydrogen-bond acceptors (Lipinski definition) is 2. The van der Waals surface area contributed by atoms with Crippen LogP contribution in [0.15, 0.2) is 59.5 Å². The van der Waals surface area contributed by atoms with Gasteiger partial charge in [-0.1, -0.05) is 68.1 Å². The number of benzene rings is 2. The second kappa shape index (κ2) is 7.19. The summed E-state index contributed by atoms with van der Waals surface area (Å²) >= 11 is 0. The van der Waals surface area contributed by atoms with Gasteiger partial charge in [0, 0.05) is 6.26 Å². The summed E-state index contributed by atoms with van der Waals surface area (Å²) in [5.41, 5.74) is 2.74. The van der Waals surface area contributed by atoms with Gasteiger partial charge in [-0.3, -0.25) is 0 Å². The summed E-state index contributed by atoms with van der Waals surface area (Å²) in [5, 5.41) is 0. The fourth-order valence-corrected chi connectivity index (χ4v) is 5.92. The average Bonchev–Trinajstić information content (AvgIpc) is 2.67. The average molecular weight is 369 g/mol. The lowest BCUT2D eigenvalue weighted by molar-refractivity contribution is 0.138. The predicted molar refractivity (Wildman–Crippen MR) is 106 cm³/mol. The van der Waals surface area contributed by atoms with Gasteiger partial charge in [0.2, 0.25) is 0 Å². The molecule has 0 amide bonds. The van der Waals surface area contributed by atoms with E-state index in [2.05, 4.69) is 42.5 Å². The zero-order valence-corrected chi connectivity index (χ0v) is 16.3. The molecule has 0 aliphatic heterocycles. The van der Waals surface area contributed by atoms with Crippen LogP contribution in [0.1, 0.15) is 61.5 Å². The van der Waals surface area contributed by atoms with E-state index in [4.69, 9.17) is 0 Å². The molecule has 2 fully saturated rings. The molecule has 138 valence electrons. The minimum absolute atomic E-state index is 0.420. The largest absolute Gasteiger partial charge is 0.224 e. The second-order valence-corrected chi connectivity index (χ2v) is 10.3. The summed E-state index contributed by atoms with van der Waals surface area (Å²) in [4.78, 5) is 0.420. The molecular formula is C23H28O2S. The third-order valence-corrected chi connectivity index (χ3v) is 7.76. The molecule has 4 unspecified atom stereocenters. The van der Waals surface area contributed by atoms with Crippen LogP contribution in [0.3, 0.4) is 0 Å². The molecule has 4 rings (SSSR count). The van der Waals surface area contributed by atoms with Crippen LogP contribution in [0.2, 0.25) is 0 Å². The maximum Gasteiger partial charge on any atom is 0.175 e. The van der Waals surface area contributed by atoms with Crippen molar-refractivity contribution in [1.82, 2.24) is 0 Å². The maximum absolute atomic E-state index is 11.8. The highest BCUT2D eigenvalue weighted by Gasteiger charge is 2.39. The van der Waals surface area contributed by atoms with Gasteiger partial charge in [-0.05, 0) is 59.8 Å². The van der Waals surface area contributed by atoms with Crippen molar-refractivity contribution in [2.24, 2.45) is 11.8 Å². The Bertz CT molecular complexity index is 840. The monoisotopic (exact) mass is 368 g/mol. The summed E-state index contributed by atoms with van der Waals surface area (Å²) in [5.74, 6) is 2.73. The van der Waals surface area contributed by atoms with E-state index in [9.17, 15) is 8.42 Å². The minimum atomic E-state index is -3.14. The van der Waals surface area contributed by atoms with Crippen LogP contribution in [0, 0.1) is 11.8 Å². The van der Waals surface area contributed by atoms with Crippen LogP contribution < -0.4 is 0 Å². The Hall–Kier alpha value is -1.61. The Labute approximate surface area is 157 Å². The molecule has 2 aromatic rings. The highest BCUT2D eigenvalue weighted by atomic mass is 32.2. The van der Waals surface area contributed by atoms with Crippen LogP contribution >= 0.6 is 0 Å². The van der Waals surface area contributed by atoms with E-state index in [0.717, 1.165) is 11.8 Å². The molecule has 0 saturated heterocycles. The topological polar surface area (TPSA) is 34.1 Å². The molecular weight excluding hydrogens is 340 g/mol. The fraction of sp³-hybridized carbons (Fsp3) is 0.478. The van der Waals surface area contributed by atoms with Crippen molar-refractivity contribution in [2.45, 2.75) is 55.3 Å². The Morgan fingerprint density at radius 1 is 0.731 bits per heavy atom. The van der Waals surface area contributed by atoms with Crippen molar-refractivity contribution in [1.29, 1.82) is 0 Å². The van der Waals surface area contributed by atoms with Crippen molar-refractivity contribution >= 4 is 9.84 Å². The SMILES string of the molecule is CS(=O)(=O)c1ccc(C2CC3CCCCC3CC2c2ccccc2)cc1. The smallest absolute Gasteiger partial charge is 0.175 e. The summed E-state index contributed by atoms with van der Waals surface area (Å²) in [6.07, 6.45) is 9.29. The van der Waals surface area contributed by atoms with Crippen LogP contribution in [-0.4, -0.2) is 14.7 Å². The lowest BCUT2D eigenvalue weighted by atomic mass is 9.60. The molecule has 2 saturated carbocycles. The molecule has 0 N–H and O–H groups in total. The van der Waals surface area contributed by atoms with Crippen LogP contribution in [-0.2, 0) is 9.84 Å². The van der Waals surface area contributed by atoms with Crippen LogP contribution in [0.5, 0.6) is 0 Å². The fourth-order valence-electron chi connectivity index (χ4n) is 5.29. The molecule has 0 radical (unpaired) electrons. The lowest BCUT2D eigenvalue weighted by Crippen LogP contribution is -2.31. The van der Waals surface area contributed by atoms with Crippen LogP contribution in [0.25, 0.3) is 0 Å². The molecule has 2 aliphatic carbocycles. The van der Waals surface area contributed by atoms with Crippen molar-refractivity contribution in [3.8, 4) is 0 Å². The minimum Gasteiger partial charge on any atom is -0.224 e. The number of rotatable bonds is 3. The predicted octanol–water partition coefficient (Wildman–Crippen LogP) is 5.56. The van der Waals surface area contributed by atoms with Crippen LogP contribution in [0.4, 0.5) is 0 Å². The summed E-state index contributed by atoms with van der Waals surface area (Å²) in [6.45, 7) is 0. The molecule has 0 spiro atoms. The van der Waals surface area contributed by atoms with Gasteiger partial charge in [-0.25, -0.2) is 8.42 Å². The van der Waals surface area contributed by atoms with E-state index >= 15 is 0 Å². The summed E-state index contributed by atoms with van der Waals surface area (Å²) in [7, 11) is -3.14. The number of fused-ring (bicyclic) bond motifs is 1. The molecule has 4 atom stereocenters. The van der Waals surface area contributed by atoms with Gasteiger partial charge < -0.3 is 0 Å². The Morgan fingerprint density at radius 3 is 1.73 bits per heavy atom. The Morgan fingerprint density at radius 2 is 1.23 bits per heavy atom. The normalized spacial score (nSPS) is 29.1. The van der Waals surface area contributed by atoms with Gasteiger partial charge >= 0.3 is 0 Å². The van der Waals surface area contributed by atoms with Crippen molar-refractivity contribution < 1.29 is 8.42 Å². The molecule has 2 aliphatic rings. The van der Waals surface area contributed by atoms with E-state index in [0.29, 0.717) is 16.7 Å². The van der Waals surface area contributed by atoms with Crippen molar-refractivity contribution in [3.05, 3.63) is 65.7 Å². The van der Waals surface area contributed by atoms with Crippen molar-refractivity contribution in [3.63, 3.8) is 0 Å². The molecule has 0 bridgehead atoms. The highest BCUT2D eigenvalue weighted by Crippen LogP contribution is 2.52. The van der Waals surface area contributed by atoms with E-state index in [1.807, 2.05) is 0 Å². The molecule has 0 aromatic heterocycles. The first kappa shape index (κ1) is 17.8. The summed E-state index contributed by atoms with van der Waals surface area (Å²) < 4.78 is 23.6. The zero-order valence-electron chi connectivity index (χ0n) is 15.5. The molecule has 26 heavy (non-hydrogen) atoms.